The molecule has 1 unspecified atom stereocenters. The van der Waals surface area contributed by atoms with Crippen molar-refractivity contribution in [2.45, 2.75) is 6.42 Å². The number of halogens is 2. The van der Waals surface area contributed by atoms with Gasteiger partial charge in [0.2, 0.25) is 5.91 Å². The molecule has 0 saturated heterocycles. The fourth-order valence-electron chi connectivity index (χ4n) is 2.33. The second kappa shape index (κ2) is 6.75. The molecule has 1 heterocycles. The molecule has 2 aromatic carbocycles. The maximum Gasteiger partial charge on any atom is 0.247 e. The van der Waals surface area contributed by atoms with Gasteiger partial charge in [0.15, 0.2) is 0 Å². The Morgan fingerprint density at radius 2 is 1.83 bits per heavy atom. The van der Waals surface area contributed by atoms with Crippen LogP contribution in [-0.2, 0) is 4.79 Å². The van der Waals surface area contributed by atoms with Crippen LogP contribution in [-0.4, -0.2) is 11.6 Å². The monoisotopic (exact) mass is 328 g/mol. The molecule has 1 N–H and O–H groups in total. The number of hydrogen-bond acceptors (Lipinski definition) is 2. The van der Waals surface area contributed by atoms with Gasteiger partial charge >= 0.3 is 0 Å². The van der Waals surface area contributed by atoms with Crippen molar-refractivity contribution in [3.05, 3.63) is 76.6 Å². The van der Waals surface area contributed by atoms with Crippen molar-refractivity contribution >= 4 is 29.3 Å². The van der Waals surface area contributed by atoms with E-state index in [4.69, 9.17) is 11.6 Å². The minimum Gasteiger partial charge on any atom is -0.272 e. The first-order valence-electron chi connectivity index (χ1n) is 7.18. The van der Waals surface area contributed by atoms with Crippen molar-refractivity contribution in [2.75, 3.05) is 0 Å². The standard InChI is InChI=1S/C18H14ClFN2O/c19-15-7-5-13(6-8-15)17-11-14(18(23)22-21-17)4-1-12-2-9-16(20)10-3-12/h1-10,14H,11H2,(H,22,23)/b4-1+. The van der Waals surface area contributed by atoms with Crippen LogP contribution in [0.15, 0.2) is 59.7 Å². The summed E-state index contributed by atoms with van der Waals surface area (Å²) in [6.45, 7) is 0. The van der Waals surface area contributed by atoms with Crippen LogP contribution < -0.4 is 5.43 Å². The molecule has 0 spiro atoms. The number of carbonyl (C=O) groups excluding carboxylic acids is 1. The number of hydrazone groups is 1. The fraction of sp³-hybridized carbons (Fsp3) is 0.111. The Bertz CT molecular complexity index is 767. The Morgan fingerprint density at radius 1 is 1.13 bits per heavy atom. The van der Waals surface area contributed by atoms with Crippen LogP contribution in [0.2, 0.25) is 5.02 Å². The van der Waals surface area contributed by atoms with Gasteiger partial charge in [0.25, 0.3) is 0 Å². The summed E-state index contributed by atoms with van der Waals surface area (Å²) in [6.07, 6.45) is 4.13. The third-order valence-electron chi connectivity index (χ3n) is 3.62. The molecule has 0 aliphatic carbocycles. The van der Waals surface area contributed by atoms with Crippen molar-refractivity contribution in [2.24, 2.45) is 11.0 Å². The molecule has 1 amide bonds. The van der Waals surface area contributed by atoms with Gasteiger partial charge in [-0.2, -0.15) is 5.10 Å². The number of nitrogens with one attached hydrogen (secondary N) is 1. The molecule has 1 aliphatic rings. The molecule has 1 aliphatic heterocycles. The summed E-state index contributed by atoms with van der Waals surface area (Å²) in [5.41, 5.74) is 5.11. The predicted octanol–water partition coefficient (Wildman–Crippen LogP) is 4.03. The van der Waals surface area contributed by atoms with E-state index in [0.29, 0.717) is 11.4 Å². The van der Waals surface area contributed by atoms with Gasteiger partial charge in [0.05, 0.1) is 11.6 Å². The summed E-state index contributed by atoms with van der Waals surface area (Å²) in [7, 11) is 0. The number of rotatable bonds is 3. The first kappa shape index (κ1) is 15.4. The van der Waals surface area contributed by atoms with Crippen molar-refractivity contribution in [1.82, 2.24) is 5.43 Å². The maximum absolute atomic E-state index is 12.9. The van der Waals surface area contributed by atoms with Crippen molar-refractivity contribution < 1.29 is 9.18 Å². The second-order valence-electron chi connectivity index (χ2n) is 5.26. The minimum atomic E-state index is -0.316. The molecular weight excluding hydrogens is 315 g/mol. The van der Waals surface area contributed by atoms with Gasteiger partial charge in [0, 0.05) is 11.4 Å². The molecule has 5 heteroatoms. The lowest BCUT2D eigenvalue weighted by Crippen LogP contribution is -2.33. The van der Waals surface area contributed by atoms with Crippen LogP contribution in [0.3, 0.4) is 0 Å². The van der Waals surface area contributed by atoms with Crippen LogP contribution in [0, 0.1) is 11.7 Å². The third kappa shape index (κ3) is 3.85. The number of carbonyl (C=O) groups is 1. The van der Waals surface area contributed by atoms with Gasteiger partial charge in [0.1, 0.15) is 5.82 Å². The highest BCUT2D eigenvalue weighted by Crippen LogP contribution is 2.19. The normalized spacial score (nSPS) is 17.9. The van der Waals surface area contributed by atoms with Crippen molar-refractivity contribution in [3.8, 4) is 0 Å². The highest BCUT2D eigenvalue weighted by Gasteiger charge is 2.23. The average Bonchev–Trinajstić information content (AvgIpc) is 2.56. The first-order valence-corrected chi connectivity index (χ1v) is 7.56. The van der Waals surface area contributed by atoms with Crippen LogP contribution in [0.5, 0.6) is 0 Å². The Morgan fingerprint density at radius 3 is 2.52 bits per heavy atom. The van der Waals surface area contributed by atoms with E-state index in [1.807, 2.05) is 24.3 Å². The highest BCUT2D eigenvalue weighted by molar-refractivity contribution is 6.30. The molecule has 0 fully saturated rings. The molecule has 0 saturated carbocycles. The second-order valence-corrected chi connectivity index (χ2v) is 5.70. The zero-order valence-corrected chi connectivity index (χ0v) is 12.9. The van der Waals surface area contributed by atoms with E-state index in [0.717, 1.165) is 16.8 Å². The van der Waals surface area contributed by atoms with E-state index in [1.165, 1.54) is 12.1 Å². The SMILES string of the molecule is O=C1NN=C(c2ccc(Cl)cc2)CC1/C=C/c1ccc(F)cc1. The fourth-order valence-corrected chi connectivity index (χ4v) is 2.46. The van der Waals surface area contributed by atoms with E-state index in [2.05, 4.69) is 10.5 Å². The lowest BCUT2D eigenvalue weighted by molar-refractivity contribution is -0.123. The predicted molar refractivity (Wildman–Crippen MR) is 89.7 cm³/mol. The Labute approximate surface area is 138 Å². The van der Waals surface area contributed by atoms with Gasteiger partial charge in [-0.25, -0.2) is 9.82 Å². The number of hydrogen-bond donors (Lipinski definition) is 1. The van der Waals surface area contributed by atoms with Crippen LogP contribution in [0.1, 0.15) is 17.5 Å². The van der Waals surface area contributed by atoms with E-state index < -0.39 is 0 Å². The summed E-state index contributed by atoms with van der Waals surface area (Å²) in [5, 5.41) is 4.77. The number of benzene rings is 2. The summed E-state index contributed by atoms with van der Waals surface area (Å²) >= 11 is 5.88. The topological polar surface area (TPSA) is 41.5 Å². The molecule has 0 bridgehead atoms. The molecule has 1 atom stereocenters. The van der Waals surface area contributed by atoms with Gasteiger partial charge in [-0.1, -0.05) is 48.0 Å². The van der Waals surface area contributed by atoms with Crippen LogP contribution in [0.25, 0.3) is 6.08 Å². The van der Waals surface area contributed by atoms with E-state index in [-0.39, 0.29) is 17.6 Å². The lowest BCUT2D eigenvalue weighted by Gasteiger charge is -2.19. The summed E-state index contributed by atoms with van der Waals surface area (Å²) < 4.78 is 12.9. The highest BCUT2D eigenvalue weighted by atomic mass is 35.5. The molecule has 0 aromatic heterocycles. The zero-order chi connectivity index (χ0) is 16.2. The van der Waals surface area contributed by atoms with Crippen molar-refractivity contribution in [1.29, 1.82) is 0 Å². The van der Waals surface area contributed by atoms with Gasteiger partial charge < -0.3 is 0 Å². The molecule has 3 rings (SSSR count). The number of amides is 1. The molecule has 116 valence electrons. The van der Waals surface area contributed by atoms with Gasteiger partial charge in [-0.3, -0.25) is 4.79 Å². The van der Waals surface area contributed by atoms with E-state index in [1.54, 1.807) is 24.3 Å². The first-order chi connectivity index (χ1) is 11.1. The summed E-state index contributed by atoms with van der Waals surface area (Å²) in [5.74, 6) is -0.751. The van der Waals surface area contributed by atoms with E-state index in [9.17, 15) is 9.18 Å². The zero-order valence-electron chi connectivity index (χ0n) is 12.2. The Hall–Kier alpha value is -2.46. The molecule has 23 heavy (non-hydrogen) atoms. The maximum atomic E-state index is 12.9. The van der Waals surface area contributed by atoms with Crippen LogP contribution >= 0.6 is 11.6 Å². The number of nitrogens with zero attached hydrogens (tertiary/aromatic N) is 1. The minimum absolute atomic E-state index is 0.152. The molecule has 0 radical (unpaired) electrons. The van der Waals surface area contributed by atoms with Gasteiger partial charge in [-0.05, 0) is 35.4 Å². The molecule has 2 aromatic rings. The van der Waals surface area contributed by atoms with Gasteiger partial charge in [-0.15, -0.1) is 0 Å². The quantitative estimate of drug-likeness (QED) is 0.908. The lowest BCUT2D eigenvalue weighted by atomic mass is 9.94. The van der Waals surface area contributed by atoms with E-state index >= 15 is 0 Å². The van der Waals surface area contributed by atoms with Crippen LogP contribution in [0.4, 0.5) is 4.39 Å². The molecular formula is C18H14ClFN2O. The average molecular weight is 329 g/mol. The Kier molecular flexibility index (Phi) is 4.53. The largest absolute Gasteiger partial charge is 0.272 e. The third-order valence-corrected chi connectivity index (χ3v) is 3.87. The van der Waals surface area contributed by atoms with Crippen molar-refractivity contribution in [3.63, 3.8) is 0 Å². The Balaban J connectivity index is 1.75. The molecule has 3 nitrogen and oxygen atoms in total. The summed E-state index contributed by atoms with van der Waals surface area (Å²) in [6, 6.07) is 13.4. The smallest absolute Gasteiger partial charge is 0.247 e. The summed E-state index contributed by atoms with van der Waals surface area (Å²) in [4.78, 5) is 12.0.